The van der Waals surface area contributed by atoms with Crippen molar-refractivity contribution in [3.63, 3.8) is 0 Å². The van der Waals surface area contributed by atoms with Crippen molar-refractivity contribution >= 4 is 17.5 Å². The van der Waals surface area contributed by atoms with Crippen molar-refractivity contribution in [1.82, 2.24) is 9.80 Å². The van der Waals surface area contributed by atoms with Gasteiger partial charge in [0.2, 0.25) is 5.91 Å². The number of hydrogen-bond donors (Lipinski definition) is 1. The predicted octanol–water partition coefficient (Wildman–Crippen LogP) is 4.34. The normalized spacial score (nSPS) is 16.2. The van der Waals surface area contributed by atoms with Gasteiger partial charge in [-0.1, -0.05) is 18.2 Å². The summed E-state index contributed by atoms with van der Waals surface area (Å²) in [6.07, 6.45) is 2.11. The number of amides is 2. The molecule has 0 aliphatic carbocycles. The van der Waals surface area contributed by atoms with Gasteiger partial charge in [0.15, 0.2) is 0 Å². The number of anilines is 1. The molecular weight excluding hydrogens is 390 g/mol. The van der Waals surface area contributed by atoms with Crippen LogP contribution in [0.2, 0.25) is 0 Å². The highest BCUT2D eigenvalue weighted by atomic mass is 16.5. The van der Waals surface area contributed by atoms with E-state index in [1.165, 1.54) is 5.56 Å². The molecule has 0 bridgehead atoms. The van der Waals surface area contributed by atoms with Crippen LogP contribution >= 0.6 is 0 Å². The quantitative estimate of drug-likeness (QED) is 0.652. The highest BCUT2D eigenvalue weighted by molar-refractivity contribution is 5.97. The van der Waals surface area contributed by atoms with E-state index in [0.29, 0.717) is 37.5 Å². The molecule has 2 aromatic rings. The minimum atomic E-state index is -0.0646. The third kappa shape index (κ3) is 5.85. The smallest absolute Gasteiger partial charge is 0.253 e. The van der Waals surface area contributed by atoms with E-state index in [2.05, 4.69) is 22.3 Å². The molecule has 1 unspecified atom stereocenters. The van der Waals surface area contributed by atoms with Crippen LogP contribution in [0.25, 0.3) is 0 Å². The van der Waals surface area contributed by atoms with E-state index < -0.39 is 0 Å². The van der Waals surface area contributed by atoms with E-state index in [-0.39, 0.29) is 17.9 Å². The van der Waals surface area contributed by atoms with E-state index in [9.17, 15) is 9.59 Å². The zero-order valence-electron chi connectivity index (χ0n) is 18.8. The topological polar surface area (TPSA) is 61.9 Å². The van der Waals surface area contributed by atoms with Crippen LogP contribution in [0.1, 0.15) is 55.6 Å². The summed E-state index contributed by atoms with van der Waals surface area (Å²) >= 11 is 0. The molecule has 166 valence electrons. The molecule has 6 heteroatoms. The number of benzene rings is 2. The zero-order valence-corrected chi connectivity index (χ0v) is 18.8. The fourth-order valence-corrected chi connectivity index (χ4v) is 4.15. The average molecular weight is 424 g/mol. The molecule has 0 radical (unpaired) electrons. The first kappa shape index (κ1) is 22.8. The molecule has 1 aliphatic rings. The molecule has 1 fully saturated rings. The van der Waals surface area contributed by atoms with Crippen LogP contribution in [-0.4, -0.2) is 54.4 Å². The Labute approximate surface area is 185 Å². The summed E-state index contributed by atoms with van der Waals surface area (Å²) in [6, 6.07) is 15.6. The number of rotatable bonds is 9. The van der Waals surface area contributed by atoms with Gasteiger partial charge in [0.1, 0.15) is 5.75 Å². The summed E-state index contributed by atoms with van der Waals surface area (Å²) < 4.78 is 5.53. The first-order valence-corrected chi connectivity index (χ1v) is 11.2. The van der Waals surface area contributed by atoms with Crippen molar-refractivity contribution in [2.75, 3.05) is 38.1 Å². The second kappa shape index (κ2) is 11.0. The standard InChI is InChI=1S/C25H33N3O3/c1-4-27(5-2)25(30)20-9-7-10-21(17-20)26-24(29)18-28-16-8-11-23(28)19-12-14-22(15-13-19)31-6-3/h7,9-10,12-15,17,23H,4-6,8,11,16,18H2,1-3H3,(H,26,29). The molecule has 1 atom stereocenters. The molecule has 1 heterocycles. The lowest BCUT2D eigenvalue weighted by Crippen LogP contribution is -2.33. The minimum absolute atomic E-state index is 0.0174. The molecule has 0 aromatic heterocycles. The van der Waals surface area contributed by atoms with Gasteiger partial charge < -0.3 is 15.0 Å². The molecule has 1 N–H and O–H groups in total. The summed E-state index contributed by atoms with van der Waals surface area (Å²) in [5.74, 6) is 0.786. The summed E-state index contributed by atoms with van der Waals surface area (Å²) in [4.78, 5) is 29.3. The van der Waals surface area contributed by atoms with Crippen molar-refractivity contribution in [3.05, 3.63) is 59.7 Å². The molecule has 0 saturated carbocycles. The Morgan fingerprint density at radius 1 is 1.10 bits per heavy atom. The zero-order chi connectivity index (χ0) is 22.2. The van der Waals surface area contributed by atoms with Gasteiger partial charge in [0.05, 0.1) is 13.2 Å². The molecule has 3 rings (SSSR count). The first-order valence-electron chi connectivity index (χ1n) is 11.2. The van der Waals surface area contributed by atoms with Crippen LogP contribution in [0, 0.1) is 0 Å². The van der Waals surface area contributed by atoms with E-state index in [4.69, 9.17) is 4.74 Å². The van der Waals surface area contributed by atoms with E-state index in [0.717, 1.165) is 25.1 Å². The molecular formula is C25H33N3O3. The molecule has 0 spiro atoms. The Morgan fingerprint density at radius 2 is 1.84 bits per heavy atom. The lowest BCUT2D eigenvalue weighted by Gasteiger charge is -2.24. The highest BCUT2D eigenvalue weighted by Gasteiger charge is 2.27. The van der Waals surface area contributed by atoms with Crippen molar-refractivity contribution in [2.45, 2.75) is 39.7 Å². The summed E-state index contributed by atoms with van der Waals surface area (Å²) in [5.41, 5.74) is 2.45. The number of nitrogens with zero attached hydrogens (tertiary/aromatic N) is 2. The van der Waals surface area contributed by atoms with Crippen molar-refractivity contribution < 1.29 is 14.3 Å². The van der Waals surface area contributed by atoms with Crippen molar-refractivity contribution in [2.24, 2.45) is 0 Å². The van der Waals surface area contributed by atoms with Gasteiger partial charge in [0, 0.05) is 30.4 Å². The number of nitrogens with one attached hydrogen (secondary N) is 1. The van der Waals surface area contributed by atoms with E-state index in [1.54, 1.807) is 17.0 Å². The van der Waals surface area contributed by atoms with Crippen LogP contribution in [0.15, 0.2) is 48.5 Å². The maximum Gasteiger partial charge on any atom is 0.253 e. The number of hydrogen-bond acceptors (Lipinski definition) is 4. The van der Waals surface area contributed by atoms with Gasteiger partial charge >= 0.3 is 0 Å². The number of ether oxygens (including phenoxy) is 1. The molecule has 6 nitrogen and oxygen atoms in total. The molecule has 31 heavy (non-hydrogen) atoms. The lowest BCUT2D eigenvalue weighted by atomic mass is 10.0. The third-order valence-corrected chi connectivity index (χ3v) is 5.73. The monoisotopic (exact) mass is 423 g/mol. The van der Waals surface area contributed by atoms with E-state index >= 15 is 0 Å². The summed E-state index contributed by atoms with van der Waals surface area (Å²) in [5, 5.41) is 2.97. The molecule has 2 amide bonds. The Bertz CT molecular complexity index is 878. The van der Waals surface area contributed by atoms with Crippen molar-refractivity contribution in [3.8, 4) is 5.75 Å². The summed E-state index contributed by atoms with van der Waals surface area (Å²) in [6.45, 7) is 9.09. The molecule has 1 aliphatic heterocycles. The van der Waals surface area contributed by atoms with Crippen LogP contribution in [0.3, 0.4) is 0 Å². The fourth-order valence-electron chi connectivity index (χ4n) is 4.15. The van der Waals surface area contributed by atoms with Gasteiger partial charge in [-0.2, -0.15) is 0 Å². The second-order valence-corrected chi connectivity index (χ2v) is 7.74. The Morgan fingerprint density at radius 3 is 2.52 bits per heavy atom. The van der Waals surface area contributed by atoms with Crippen LogP contribution in [0.5, 0.6) is 5.75 Å². The largest absolute Gasteiger partial charge is 0.494 e. The lowest BCUT2D eigenvalue weighted by molar-refractivity contribution is -0.117. The molecule has 1 saturated heterocycles. The highest BCUT2D eigenvalue weighted by Crippen LogP contribution is 2.32. The van der Waals surface area contributed by atoms with Gasteiger partial charge in [-0.15, -0.1) is 0 Å². The van der Waals surface area contributed by atoms with Gasteiger partial charge in [-0.3, -0.25) is 14.5 Å². The maximum absolute atomic E-state index is 12.7. The predicted molar refractivity (Wildman–Crippen MR) is 123 cm³/mol. The number of carbonyl (C=O) groups is 2. The number of likely N-dealkylation sites (tertiary alicyclic amines) is 1. The molecule has 2 aromatic carbocycles. The second-order valence-electron chi connectivity index (χ2n) is 7.74. The minimum Gasteiger partial charge on any atom is -0.494 e. The SMILES string of the molecule is CCOc1ccc(C2CCCN2CC(=O)Nc2cccc(C(=O)N(CC)CC)c2)cc1. The van der Waals surface area contributed by atoms with Gasteiger partial charge in [0.25, 0.3) is 5.91 Å². The Balaban J connectivity index is 1.62. The summed E-state index contributed by atoms with van der Waals surface area (Å²) in [7, 11) is 0. The van der Waals surface area contributed by atoms with Crippen LogP contribution < -0.4 is 10.1 Å². The fraction of sp³-hybridized carbons (Fsp3) is 0.440. The van der Waals surface area contributed by atoms with Crippen LogP contribution in [0.4, 0.5) is 5.69 Å². The Hall–Kier alpha value is -2.86. The number of carbonyl (C=O) groups excluding carboxylic acids is 2. The maximum atomic E-state index is 12.7. The first-order chi connectivity index (χ1) is 15.0. The van der Waals surface area contributed by atoms with E-state index in [1.807, 2.05) is 45.0 Å². The average Bonchev–Trinajstić information content (AvgIpc) is 3.23. The van der Waals surface area contributed by atoms with Crippen LogP contribution in [-0.2, 0) is 4.79 Å². The Kier molecular flexibility index (Phi) is 8.06. The van der Waals surface area contributed by atoms with Gasteiger partial charge in [-0.05, 0) is 76.1 Å². The third-order valence-electron chi connectivity index (χ3n) is 5.73. The van der Waals surface area contributed by atoms with Crippen molar-refractivity contribution in [1.29, 1.82) is 0 Å². The van der Waals surface area contributed by atoms with Gasteiger partial charge in [-0.25, -0.2) is 0 Å².